The van der Waals surface area contributed by atoms with Gasteiger partial charge in [-0.25, -0.2) is 0 Å². The first kappa shape index (κ1) is 13.7. The van der Waals surface area contributed by atoms with Crippen molar-refractivity contribution in [2.24, 2.45) is 16.7 Å². The molecule has 0 N–H and O–H groups in total. The third kappa shape index (κ3) is 3.31. The zero-order chi connectivity index (χ0) is 12.4. The van der Waals surface area contributed by atoms with E-state index in [9.17, 15) is 4.79 Å². The molecule has 2 atom stereocenters. The van der Waals surface area contributed by atoms with Gasteiger partial charge in [0.2, 0.25) is 0 Å². The lowest BCUT2D eigenvalue weighted by Crippen LogP contribution is -2.36. The van der Waals surface area contributed by atoms with Crippen LogP contribution in [0.2, 0.25) is 0 Å². The Labute approximate surface area is 100 Å². The molecule has 1 heterocycles. The molecular formula is C14H27NO. The first-order valence-corrected chi connectivity index (χ1v) is 6.49. The van der Waals surface area contributed by atoms with E-state index in [0.29, 0.717) is 5.41 Å². The second-order valence-corrected chi connectivity index (χ2v) is 6.71. The minimum Gasteiger partial charge on any atom is -0.303 e. The maximum atomic E-state index is 11.1. The van der Waals surface area contributed by atoms with E-state index in [2.05, 4.69) is 39.5 Å². The van der Waals surface area contributed by atoms with Crippen molar-refractivity contribution >= 4 is 6.29 Å². The minimum absolute atomic E-state index is 0.146. The Bertz CT molecular complexity index is 244. The number of hydrogen-bond acceptors (Lipinski definition) is 2. The van der Waals surface area contributed by atoms with Crippen molar-refractivity contribution in [3.05, 3.63) is 0 Å². The van der Waals surface area contributed by atoms with Crippen molar-refractivity contribution < 1.29 is 4.79 Å². The summed E-state index contributed by atoms with van der Waals surface area (Å²) in [5.74, 6) is 0.778. The summed E-state index contributed by atoms with van der Waals surface area (Å²) in [5.41, 5.74) is 0.255. The molecule has 0 amide bonds. The van der Waals surface area contributed by atoms with E-state index in [0.717, 1.165) is 38.3 Å². The average molecular weight is 225 g/mol. The summed E-state index contributed by atoms with van der Waals surface area (Å²) < 4.78 is 0. The summed E-state index contributed by atoms with van der Waals surface area (Å²) in [7, 11) is 0. The highest BCUT2D eigenvalue weighted by molar-refractivity contribution is 5.58. The third-order valence-electron chi connectivity index (χ3n) is 4.17. The molecule has 0 aromatic carbocycles. The molecule has 0 aliphatic carbocycles. The van der Waals surface area contributed by atoms with Gasteiger partial charge in [0, 0.05) is 18.5 Å². The fourth-order valence-corrected chi connectivity index (χ4v) is 2.43. The molecule has 0 spiro atoms. The molecule has 0 saturated carbocycles. The first-order valence-electron chi connectivity index (χ1n) is 6.49. The molecular weight excluding hydrogens is 198 g/mol. The maximum absolute atomic E-state index is 11.1. The smallest absolute Gasteiger partial charge is 0.127 e. The van der Waals surface area contributed by atoms with E-state index >= 15 is 0 Å². The van der Waals surface area contributed by atoms with Crippen LogP contribution < -0.4 is 0 Å². The number of nitrogens with zero attached hydrogens (tertiary/aromatic N) is 1. The highest BCUT2D eigenvalue weighted by Crippen LogP contribution is 2.34. The van der Waals surface area contributed by atoms with Gasteiger partial charge in [-0.3, -0.25) is 0 Å². The molecule has 1 fully saturated rings. The largest absolute Gasteiger partial charge is 0.303 e. The minimum atomic E-state index is -0.146. The molecule has 2 heteroatoms. The zero-order valence-corrected chi connectivity index (χ0v) is 11.5. The molecule has 2 nitrogen and oxygen atoms in total. The Morgan fingerprint density at radius 3 is 2.31 bits per heavy atom. The molecule has 1 aliphatic rings. The summed E-state index contributed by atoms with van der Waals surface area (Å²) in [6.07, 6.45) is 3.35. The Kier molecular flexibility index (Phi) is 4.17. The van der Waals surface area contributed by atoms with Gasteiger partial charge >= 0.3 is 0 Å². The van der Waals surface area contributed by atoms with E-state index < -0.39 is 0 Å². The van der Waals surface area contributed by atoms with Gasteiger partial charge in [0.25, 0.3) is 0 Å². The molecule has 0 bridgehead atoms. The molecule has 1 aliphatic heterocycles. The van der Waals surface area contributed by atoms with Crippen molar-refractivity contribution in [3.63, 3.8) is 0 Å². The van der Waals surface area contributed by atoms with Crippen LogP contribution in [0.3, 0.4) is 0 Å². The van der Waals surface area contributed by atoms with E-state index in [1.54, 1.807) is 0 Å². The van der Waals surface area contributed by atoms with Gasteiger partial charge in [-0.2, -0.15) is 0 Å². The fraction of sp³-hybridized carbons (Fsp3) is 0.929. The van der Waals surface area contributed by atoms with Crippen LogP contribution in [-0.2, 0) is 4.79 Å². The second-order valence-electron chi connectivity index (χ2n) is 6.71. The predicted octanol–water partition coefficient (Wildman–Crippen LogP) is 2.97. The maximum Gasteiger partial charge on any atom is 0.127 e. The Morgan fingerprint density at radius 2 is 1.94 bits per heavy atom. The van der Waals surface area contributed by atoms with Crippen molar-refractivity contribution in [3.8, 4) is 0 Å². The molecule has 0 radical (unpaired) electrons. The second kappa shape index (κ2) is 4.87. The molecule has 94 valence electrons. The van der Waals surface area contributed by atoms with Crippen LogP contribution in [0.15, 0.2) is 0 Å². The van der Waals surface area contributed by atoms with Crippen LogP contribution in [0.1, 0.15) is 47.5 Å². The van der Waals surface area contributed by atoms with Crippen LogP contribution in [-0.4, -0.2) is 30.8 Å². The topological polar surface area (TPSA) is 20.3 Å². The van der Waals surface area contributed by atoms with Gasteiger partial charge in [0.05, 0.1) is 0 Å². The third-order valence-corrected chi connectivity index (χ3v) is 4.17. The van der Waals surface area contributed by atoms with Gasteiger partial charge in [0.15, 0.2) is 0 Å². The summed E-state index contributed by atoms with van der Waals surface area (Å²) in [6.45, 7) is 14.4. The van der Waals surface area contributed by atoms with Crippen molar-refractivity contribution in [1.29, 1.82) is 0 Å². The van der Waals surface area contributed by atoms with Crippen LogP contribution in [0.5, 0.6) is 0 Å². The van der Waals surface area contributed by atoms with Gasteiger partial charge in [0.1, 0.15) is 6.29 Å². The number of likely N-dealkylation sites (tertiary alicyclic amines) is 1. The number of aldehydes is 1. The number of hydrogen-bond donors (Lipinski definition) is 0. The van der Waals surface area contributed by atoms with Crippen molar-refractivity contribution in [1.82, 2.24) is 4.90 Å². The fourth-order valence-electron chi connectivity index (χ4n) is 2.43. The molecule has 2 unspecified atom stereocenters. The Morgan fingerprint density at radius 1 is 1.31 bits per heavy atom. The number of carbonyl (C=O) groups excluding carboxylic acids is 1. The van der Waals surface area contributed by atoms with Gasteiger partial charge < -0.3 is 9.69 Å². The SMILES string of the molecule is CCC(C)(C=O)CN1CCC(C(C)(C)C)C1. The lowest BCUT2D eigenvalue weighted by molar-refractivity contribution is -0.116. The van der Waals surface area contributed by atoms with Crippen molar-refractivity contribution in [2.75, 3.05) is 19.6 Å². The Hall–Kier alpha value is -0.370. The normalized spacial score (nSPS) is 26.7. The van der Waals surface area contributed by atoms with E-state index in [-0.39, 0.29) is 5.41 Å². The molecule has 1 rings (SSSR count). The van der Waals surface area contributed by atoms with E-state index in [4.69, 9.17) is 0 Å². The standard InChI is InChI=1S/C14H27NO/c1-6-14(5,11-16)10-15-8-7-12(9-15)13(2,3)4/h11-12H,6-10H2,1-5H3. The Balaban J connectivity index is 2.51. The predicted molar refractivity (Wildman–Crippen MR) is 68.5 cm³/mol. The van der Waals surface area contributed by atoms with Crippen LogP contribution in [0.4, 0.5) is 0 Å². The summed E-state index contributed by atoms with van der Waals surface area (Å²) in [5, 5.41) is 0. The molecule has 0 aromatic rings. The molecule has 16 heavy (non-hydrogen) atoms. The summed E-state index contributed by atoms with van der Waals surface area (Å²) >= 11 is 0. The van der Waals surface area contributed by atoms with Gasteiger partial charge in [-0.1, -0.05) is 34.6 Å². The van der Waals surface area contributed by atoms with Crippen LogP contribution >= 0.6 is 0 Å². The van der Waals surface area contributed by atoms with E-state index in [1.807, 2.05) is 0 Å². The number of carbonyl (C=O) groups is 1. The van der Waals surface area contributed by atoms with Crippen LogP contribution in [0, 0.1) is 16.7 Å². The van der Waals surface area contributed by atoms with E-state index in [1.165, 1.54) is 6.42 Å². The first-order chi connectivity index (χ1) is 7.30. The lowest BCUT2D eigenvalue weighted by Gasteiger charge is -2.30. The average Bonchev–Trinajstić information content (AvgIpc) is 2.65. The lowest BCUT2D eigenvalue weighted by atomic mass is 9.80. The highest BCUT2D eigenvalue weighted by atomic mass is 16.1. The van der Waals surface area contributed by atoms with Crippen molar-refractivity contribution in [2.45, 2.75) is 47.5 Å². The van der Waals surface area contributed by atoms with Gasteiger partial charge in [-0.05, 0) is 30.7 Å². The summed E-state index contributed by atoms with van der Waals surface area (Å²) in [6, 6.07) is 0. The molecule has 1 saturated heterocycles. The molecule has 0 aromatic heterocycles. The number of rotatable bonds is 4. The quantitative estimate of drug-likeness (QED) is 0.686. The monoisotopic (exact) mass is 225 g/mol. The summed E-state index contributed by atoms with van der Waals surface area (Å²) in [4.78, 5) is 13.6. The highest BCUT2D eigenvalue weighted by Gasteiger charge is 2.34. The van der Waals surface area contributed by atoms with Crippen LogP contribution in [0.25, 0.3) is 0 Å². The van der Waals surface area contributed by atoms with Gasteiger partial charge in [-0.15, -0.1) is 0 Å². The zero-order valence-electron chi connectivity index (χ0n) is 11.5.